The van der Waals surface area contributed by atoms with Crippen molar-refractivity contribution in [1.29, 1.82) is 0 Å². The molecule has 1 aliphatic heterocycles. The fraction of sp³-hybridized carbons (Fsp3) is 0.188. The molecule has 5 nitrogen and oxygen atoms in total. The summed E-state index contributed by atoms with van der Waals surface area (Å²) in [6.45, 7) is 2.88. The molecular weight excluding hydrogens is 294 g/mol. The summed E-state index contributed by atoms with van der Waals surface area (Å²) >= 11 is 1.72. The van der Waals surface area contributed by atoms with Crippen LogP contribution in [0.2, 0.25) is 0 Å². The van der Waals surface area contributed by atoms with E-state index >= 15 is 0 Å². The number of allylic oxidation sites excluding steroid dienone is 2. The highest BCUT2D eigenvalue weighted by Crippen LogP contribution is 2.34. The van der Waals surface area contributed by atoms with Gasteiger partial charge in [-0.15, -0.1) is 11.3 Å². The number of benzene rings is 1. The van der Waals surface area contributed by atoms with Crippen molar-refractivity contribution in [2.24, 2.45) is 0 Å². The molecule has 1 atom stereocenters. The Labute approximate surface area is 132 Å². The number of nitrogens with zero attached hydrogens (tertiary/aromatic N) is 5. The molecule has 0 saturated carbocycles. The van der Waals surface area contributed by atoms with E-state index in [-0.39, 0.29) is 6.04 Å². The maximum atomic E-state index is 4.24. The van der Waals surface area contributed by atoms with Gasteiger partial charge in [0, 0.05) is 10.6 Å². The minimum Gasteiger partial charge on any atom is -0.309 e. The Morgan fingerprint density at radius 3 is 2.77 bits per heavy atom. The van der Waals surface area contributed by atoms with Crippen LogP contribution in [0.15, 0.2) is 59.6 Å². The minimum absolute atomic E-state index is 0.0806. The van der Waals surface area contributed by atoms with Gasteiger partial charge in [-0.1, -0.05) is 41.5 Å². The second-order valence-electron chi connectivity index (χ2n) is 5.26. The van der Waals surface area contributed by atoms with Gasteiger partial charge in [0.1, 0.15) is 6.04 Å². The first kappa shape index (κ1) is 13.2. The Morgan fingerprint density at radius 2 is 2.00 bits per heavy atom. The van der Waals surface area contributed by atoms with Crippen LogP contribution < -0.4 is 4.90 Å². The van der Waals surface area contributed by atoms with E-state index in [2.05, 4.69) is 75.2 Å². The van der Waals surface area contributed by atoms with Gasteiger partial charge in [0.05, 0.1) is 6.54 Å². The number of hydrogen-bond donors (Lipinski definition) is 0. The third-order valence-corrected chi connectivity index (χ3v) is 4.77. The summed E-state index contributed by atoms with van der Waals surface area (Å²) in [6.07, 6.45) is 2.22. The molecule has 0 N–H and O–H groups in total. The summed E-state index contributed by atoms with van der Waals surface area (Å²) in [4.78, 5) is 3.40. The maximum absolute atomic E-state index is 4.24. The SMILES string of the molecule is CC1=CC(c2cccs2)n2nnnc2N1Cc1ccccc1. The molecule has 3 heterocycles. The summed E-state index contributed by atoms with van der Waals surface area (Å²) in [6, 6.07) is 14.6. The molecule has 0 radical (unpaired) electrons. The summed E-state index contributed by atoms with van der Waals surface area (Å²) in [5, 5.41) is 14.4. The van der Waals surface area contributed by atoms with Gasteiger partial charge in [0.2, 0.25) is 0 Å². The van der Waals surface area contributed by atoms with Crippen LogP contribution in [0, 0.1) is 0 Å². The molecule has 0 amide bonds. The molecule has 0 aliphatic carbocycles. The third-order valence-electron chi connectivity index (χ3n) is 3.82. The quantitative estimate of drug-likeness (QED) is 0.745. The molecule has 0 saturated heterocycles. The van der Waals surface area contributed by atoms with Gasteiger partial charge in [0.15, 0.2) is 0 Å². The predicted octanol–water partition coefficient (Wildman–Crippen LogP) is 3.25. The first-order valence-electron chi connectivity index (χ1n) is 7.14. The highest BCUT2D eigenvalue weighted by molar-refractivity contribution is 7.10. The standard InChI is InChI=1S/C16H15N5S/c1-12-10-14(15-8-5-9-22-15)21-16(17-18-19-21)20(12)11-13-6-3-2-4-7-13/h2-10,14H,11H2,1H3. The number of thiophene rings is 1. The lowest BCUT2D eigenvalue weighted by atomic mass is 10.1. The molecule has 1 unspecified atom stereocenters. The van der Waals surface area contributed by atoms with Crippen LogP contribution in [0.25, 0.3) is 0 Å². The fourth-order valence-electron chi connectivity index (χ4n) is 2.72. The number of hydrogen-bond acceptors (Lipinski definition) is 5. The van der Waals surface area contributed by atoms with Crippen molar-refractivity contribution >= 4 is 17.3 Å². The summed E-state index contributed by atoms with van der Waals surface area (Å²) in [7, 11) is 0. The second kappa shape index (κ2) is 5.38. The van der Waals surface area contributed by atoms with Crippen molar-refractivity contribution in [2.45, 2.75) is 19.5 Å². The largest absolute Gasteiger partial charge is 0.309 e. The summed E-state index contributed by atoms with van der Waals surface area (Å²) in [5.41, 5.74) is 2.41. The molecule has 3 aromatic rings. The Hall–Kier alpha value is -2.47. The van der Waals surface area contributed by atoms with E-state index in [0.29, 0.717) is 0 Å². The molecule has 1 aromatic carbocycles. The highest BCUT2D eigenvalue weighted by atomic mass is 32.1. The minimum atomic E-state index is 0.0806. The van der Waals surface area contributed by atoms with E-state index in [9.17, 15) is 0 Å². The van der Waals surface area contributed by atoms with Crippen molar-refractivity contribution in [3.05, 3.63) is 70.1 Å². The second-order valence-corrected chi connectivity index (χ2v) is 6.24. The van der Waals surface area contributed by atoms with E-state index in [0.717, 1.165) is 12.5 Å². The molecule has 1 aliphatic rings. The molecule has 0 bridgehead atoms. The molecule has 22 heavy (non-hydrogen) atoms. The first-order valence-corrected chi connectivity index (χ1v) is 8.02. The zero-order chi connectivity index (χ0) is 14.9. The van der Waals surface area contributed by atoms with E-state index < -0.39 is 0 Å². The topological polar surface area (TPSA) is 46.8 Å². The summed E-state index contributed by atoms with van der Waals surface area (Å²) < 4.78 is 1.89. The number of tetrazole rings is 1. The molecule has 4 rings (SSSR count). The fourth-order valence-corrected chi connectivity index (χ4v) is 3.50. The predicted molar refractivity (Wildman–Crippen MR) is 86.7 cm³/mol. The van der Waals surface area contributed by atoms with Crippen molar-refractivity contribution in [3.8, 4) is 0 Å². The number of anilines is 1. The van der Waals surface area contributed by atoms with Crippen LogP contribution in [-0.2, 0) is 6.54 Å². The maximum Gasteiger partial charge on any atom is 0.250 e. The van der Waals surface area contributed by atoms with Gasteiger partial charge in [-0.25, -0.2) is 0 Å². The van der Waals surface area contributed by atoms with E-state index in [4.69, 9.17) is 0 Å². The third kappa shape index (κ3) is 2.21. The first-order chi connectivity index (χ1) is 10.8. The summed E-state index contributed by atoms with van der Waals surface area (Å²) in [5.74, 6) is 0.794. The lowest BCUT2D eigenvalue weighted by Crippen LogP contribution is -2.30. The lowest BCUT2D eigenvalue weighted by molar-refractivity contribution is 0.565. The van der Waals surface area contributed by atoms with Crippen LogP contribution in [0.4, 0.5) is 5.95 Å². The van der Waals surface area contributed by atoms with Crippen LogP contribution >= 0.6 is 11.3 Å². The zero-order valence-electron chi connectivity index (χ0n) is 12.1. The average molecular weight is 309 g/mol. The van der Waals surface area contributed by atoms with Crippen LogP contribution in [0.1, 0.15) is 23.4 Å². The van der Waals surface area contributed by atoms with Crippen molar-refractivity contribution in [2.75, 3.05) is 4.90 Å². The van der Waals surface area contributed by atoms with E-state index in [1.165, 1.54) is 16.1 Å². The Kier molecular flexibility index (Phi) is 3.23. The van der Waals surface area contributed by atoms with Crippen LogP contribution in [-0.4, -0.2) is 20.2 Å². The lowest BCUT2D eigenvalue weighted by Gasteiger charge is -2.30. The normalized spacial score (nSPS) is 17.2. The molecule has 110 valence electrons. The molecular formula is C16H15N5S. The van der Waals surface area contributed by atoms with E-state index in [1.807, 2.05) is 10.7 Å². The highest BCUT2D eigenvalue weighted by Gasteiger charge is 2.28. The Bertz CT molecular complexity index is 791. The van der Waals surface area contributed by atoms with E-state index in [1.54, 1.807) is 11.3 Å². The Morgan fingerprint density at radius 1 is 1.14 bits per heavy atom. The van der Waals surface area contributed by atoms with Crippen molar-refractivity contribution in [3.63, 3.8) is 0 Å². The van der Waals surface area contributed by atoms with Crippen LogP contribution in [0.5, 0.6) is 0 Å². The molecule has 2 aromatic heterocycles. The Balaban J connectivity index is 1.72. The average Bonchev–Trinajstić information content (AvgIpc) is 3.22. The smallest absolute Gasteiger partial charge is 0.250 e. The number of aromatic nitrogens is 4. The van der Waals surface area contributed by atoms with Gasteiger partial charge in [-0.3, -0.25) is 0 Å². The number of fused-ring (bicyclic) bond motifs is 1. The van der Waals surface area contributed by atoms with Crippen molar-refractivity contribution < 1.29 is 0 Å². The molecule has 0 fully saturated rings. The van der Waals surface area contributed by atoms with Gasteiger partial charge in [0.25, 0.3) is 5.95 Å². The van der Waals surface area contributed by atoms with Gasteiger partial charge >= 0.3 is 0 Å². The van der Waals surface area contributed by atoms with Gasteiger partial charge in [-0.2, -0.15) is 4.68 Å². The molecule has 0 spiro atoms. The number of rotatable bonds is 3. The zero-order valence-corrected chi connectivity index (χ0v) is 12.9. The van der Waals surface area contributed by atoms with Gasteiger partial charge < -0.3 is 4.90 Å². The van der Waals surface area contributed by atoms with Crippen molar-refractivity contribution in [1.82, 2.24) is 20.2 Å². The molecule has 6 heteroatoms. The van der Waals surface area contributed by atoms with Gasteiger partial charge in [-0.05, 0) is 40.4 Å². The van der Waals surface area contributed by atoms with Crippen LogP contribution in [0.3, 0.4) is 0 Å². The monoisotopic (exact) mass is 309 g/mol.